The number of benzene rings is 2. The lowest BCUT2D eigenvalue weighted by Crippen LogP contribution is -3.10. The highest BCUT2D eigenvalue weighted by Crippen LogP contribution is 2.31. The summed E-state index contributed by atoms with van der Waals surface area (Å²) in [5, 5.41) is 0. The molecule has 1 atom stereocenters. The van der Waals surface area contributed by atoms with Crippen LogP contribution in [0.25, 0.3) is 0 Å². The van der Waals surface area contributed by atoms with E-state index < -0.39 is 0 Å². The molecule has 1 N–H and O–H groups in total. The lowest BCUT2D eigenvalue weighted by molar-refractivity contribution is -0.886. The number of alkyl halides is 1. The van der Waals surface area contributed by atoms with Crippen LogP contribution in [0.5, 0.6) is 0 Å². The molecule has 0 aromatic heterocycles. The Hall–Kier alpha value is -1.32. The van der Waals surface area contributed by atoms with Gasteiger partial charge in [0, 0.05) is 24.7 Å². The summed E-state index contributed by atoms with van der Waals surface area (Å²) in [4.78, 5) is 4.32. The zero-order valence-corrected chi connectivity index (χ0v) is 20.6. The molecule has 0 aliphatic heterocycles. The number of quaternary nitrogens is 1. The first kappa shape index (κ1) is 24.0. The number of nitrogens with zero attached hydrogens (tertiary/aromatic N) is 1. The molecule has 29 heavy (non-hydrogen) atoms. The predicted molar refractivity (Wildman–Crippen MR) is 132 cm³/mol. The Morgan fingerprint density at radius 2 is 1.55 bits per heavy atom. The Morgan fingerprint density at radius 1 is 0.966 bits per heavy atom. The number of hydrogen-bond acceptors (Lipinski definition) is 1. The number of rotatable bonds is 9. The highest BCUT2D eigenvalue weighted by molar-refractivity contribution is 9.08. The Balaban J connectivity index is 0.00000145. The van der Waals surface area contributed by atoms with E-state index in [0.29, 0.717) is 6.04 Å². The van der Waals surface area contributed by atoms with E-state index in [4.69, 9.17) is 0 Å². The van der Waals surface area contributed by atoms with Crippen molar-refractivity contribution in [1.29, 1.82) is 0 Å². The normalized spacial score (nSPS) is 14.3. The zero-order chi connectivity index (χ0) is 21.2. The Morgan fingerprint density at radius 3 is 2.10 bits per heavy atom. The van der Waals surface area contributed by atoms with Crippen LogP contribution in [0.1, 0.15) is 49.3 Å². The Labute approximate surface area is 187 Å². The summed E-state index contributed by atoms with van der Waals surface area (Å²) in [6.07, 6.45) is 7.60. The number of anilines is 1. The average Bonchev–Trinajstić information content (AvgIpc) is 3.16. The van der Waals surface area contributed by atoms with Crippen molar-refractivity contribution in [1.82, 2.24) is 0 Å². The number of halogens is 1. The van der Waals surface area contributed by atoms with Crippen LogP contribution in [0.2, 0.25) is 0 Å². The van der Waals surface area contributed by atoms with Gasteiger partial charge in [0.15, 0.2) is 0 Å². The molecule has 0 heterocycles. The maximum absolute atomic E-state index is 2.94. The molecule has 0 saturated carbocycles. The fourth-order valence-electron chi connectivity index (χ4n) is 4.61. The van der Waals surface area contributed by atoms with Crippen LogP contribution in [0.3, 0.4) is 0 Å². The summed E-state index contributed by atoms with van der Waals surface area (Å²) in [7, 11) is 4.65. The van der Waals surface area contributed by atoms with E-state index in [1.807, 2.05) is 5.83 Å². The van der Waals surface area contributed by atoms with Crippen LogP contribution in [0.15, 0.2) is 48.5 Å². The average molecular weight is 461 g/mol. The number of unbranched alkanes of at least 4 members (excludes halogenated alkanes) is 1. The van der Waals surface area contributed by atoms with E-state index in [9.17, 15) is 0 Å². The molecule has 0 saturated heterocycles. The van der Waals surface area contributed by atoms with Crippen LogP contribution in [-0.4, -0.2) is 38.6 Å². The lowest BCUT2D eigenvalue weighted by Gasteiger charge is -2.34. The third-order valence-electron chi connectivity index (χ3n) is 6.34. The minimum absolute atomic E-state index is 0.590. The standard InChI is InChI=1S/C25H36N2.CH3Br/c1-5-6-14-23(26(3)4)16-17-27(25-15-10-7-11-20(25)2)24-18-21-12-8-9-13-22(21)19-24;1-2/h7-13,15,23-24H,5-6,14,16-19H2,1-4H3;1H3/p+1. The molecule has 2 aromatic rings. The molecular formula is C26H40BrN2+. The van der Waals surface area contributed by atoms with Gasteiger partial charge in [-0.1, -0.05) is 71.7 Å². The summed E-state index contributed by atoms with van der Waals surface area (Å²) in [5.74, 6) is 1.81. The maximum Gasteiger partial charge on any atom is 0.0887 e. The third-order valence-corrected chi connectivity index (χ3v) is 6.34. The van der Waals surface area contributed by atoms with E-state index in [0.717, 1.165) is 12.6 Å². The van der Waals surface area contributed by atoms with Crippen molar-refractivity contribution in [2.75, 3.05) is 31.4 Å². The Kier molecular flexibility index (Phi) is 10.2. The van der Waals surface area contributed by atoms with Crippen molar-refractivity contribution in [3.63, 3.8) is 0 Å². The van der Waals surface area contributed by atoms with Gasteiger partial charge in [0.25, 0.3) is 0 Å². The van der Waals surface area contributed by atoms with Crippen LogP contribution in [0.4, 0.5) is 5.69 Å². The Bertz CT molecular complexity index is 703. The topological polar surface area (TPSA) is 7.68 Å². The first-order valence-corrected chi connectivity index (χ1v) is 12.8. The van der Waals surface area contributed by atoms with Gasteiger partial charge in [0.05, 0.1) is 20.1 Å². The molecular weight excluding hydrogens is 420 g/mol. The SMILES string of the molecule is CBr.CCCCC(CCN(c1ccccc1C)C1Cc2ccccc2C1)[NH+](C)C. The van der Waals surface area contributed by atoms with Crippen LogP contribution in [0, 0.1) is 6.92 Å². The van der Waals surface area contributed by atoms with Crippen LogP contribution in [-0.2, 0) is 12.8 Å². The van der Waals surface area contributed by atoms with Crippen LogP contribution >= 0.6 is 15.9 Å². The minimum Gasteiger partial charge on any atom is -0.367 e. The van der Waals surface area contributed by atoms with Gasteiger partial charge in [0.1, 0.15) is 0 Å². The zero-order valence-electron chi connectivity index (χ0n) is 19.0. The maximum atomic E-state index is 2.94. The fourth-order valence-corrected chi connectivity index (χ4v) is 4.61. The highest BCUT2D eigenvalue weighted by Gasteiger charge is 2.28. The molecule has 1 aliphatic rings. The number of nitrogens with one attached hydrogen (secondary N) is 1. The molecule has 0 spiro atoms. The molecule has 1 aliphatic carbocycles. The number of para-hydroxylation sites is 1. The molecule has 0 bridgehead atoms. The van der Waals surface area contributed by atoms with E-state index >= 15 is 0 Å². The summed E-state index contributed by atoms with van der Waals surface area (Å²) in [5.41, 5.74) is 5.91. The smallest absolute Gasteiger partial charge is 0.0887 e. The summed E-state index contributed by atoms with van der Waals surface area (Å²) < 4.78 is 0. The largest absolute Gasteiger partial charge is 0.367 e. The minimum atomic E-state index is 0.590. The fraction of sp³-hybridized carbons (Fsp3) is 0.538. The van der Waals surface area contributed by atoms with Gasteiger partial charge in [-0.25, -0.2) is 0 Å². The second-order valence-corrected chi connectivity index (χ2v) is 8.52. The molecule has 2 aromatic carbocycles. The van der Waals surface area contributed by atoms with Gasteiger partial charge in [-0.15, -0.1) is 0 Å². The van der Waals surface area contributed by atoms with E-state index in [2.05, 4.69) is 97.3 Å². The molecule has 0 fully saturated rings. The first-order chi connectivity index (χ1) is 14.1. The van der Waals surface area contributed by atoms with Crippen molar-refractivity contribution in [2.24, 2.45) is 0 Å². The van der Waals surface area contributed by atoms with E-state index in [-0.39, 0.29) is 0 Å². The van der Waals surface area contributed by atoms with Gasteiger partial charge in [-0.3, -0.25) is 0 Å². The summed E-state index contributed by atoms with van der Waals surface area (Å²) in [6.45, 7) is 5.72. The van der Waals surface area contributed by atoms with Crippen molar-refractivity contribution < 1.29 is 4.90 Å². The van der Waals surface area contributed by atoms with Gasteiger partial charge in [-0.2, -0.15) is 0 Å². The van der Waals surface area contributed by atoms with Gasteiger partial charge < -0.3 is 9.80 Å². The molecule has 0 radical (unpaired) electrons. The second-order valence-electron chi connectivity index (χ2n) is 8.52. The first-order valence-electron chi connectivity index (χ1n) is 11.2. The van der Waals surface area contributed by atoms with Crippen molar-refractivity contribution in [3.05, 3.63) is 65.2 Å². The third kappa shape index (κ3) is 6.58. The van der Waals surface area contributed by atoms with Crippen molar-refractivity contribution in [3.8, 4) is 0 Å². The molecule has 3 rings (SSSR count). The quantitative estimate of drug-likeness (QED) is 0.514. The second kappa shape index (κ2) is 12.4. The molecule has 160 valence electrons. The van der Waals surface area contributed by atoms with E-state index in [1.54, 1.807) is 16.0 Å². The monoisotopic (exact) mass is 459 g/mol. The number of fused-ring (bicyclic) bond motifs is 1. The molecule has 2 nitrogen and oxygen atoms in total. The molecule has 1 unspecified atom stereocenters. The predicted octanol–water partition coefficient (Wildman–Crippen LogP) is 5.07. The summed E-state index contributed by atoms with van der Waals surface area (Å²) >= 11 is 2.94. The van der Waals surface area contributed by atoms with Crippen LogP contribution < -0.4 is 9.80 Å². The van der Waals surface area contributed by atoms with Crippen molar-refractivity contribution >= 4 is 21.6 Å². The number of aryl methyl sites for hydroxylation is 1. The molecule has 3 heteroatoms. The highest BCUT2D eigenvalue weighted by atomic mass is 79.9. The van der Waals surface area contributed by atoms with E-state index in [1.165, 1.54) is 49.8 Å². The van der Waals surface area contributed by atoms with Gasteiger partial charge in [0.2, 0.25) is 0 Å². The molecule has 0 amide bonds. The van der Waals surface area contributed by atoms with Gasteiger partial charge in [-0.05, 0) is 61.2 Å². The number of hydrogen-bond donors (Lipinski definition) is 1. The van der Waals surface area contributed by atoms with Crippen molar-refractivity contribution in [2.45, 2.75) is 64.5 Å². The van der Waals surface area contributed by atoms with Gasteiger partial charge >= 0.3 is 0 Å². The lowest BCUT2D eigenvalue weighted by atomic mass is 10.0. The summed E-state index contributed by atoms with van der Waals surface area (Å²) in [6, 6.07) is 19.3.